The Balaban J connectivity index is 2.23. The Labute approximate surface area is 125 Å². The fourth-order valence-electron chi connectivity index (χ4n) is 2.24. The zero-order valence-corrected chi connectivity index (χ0v) is 13.6. The third-order valence-corrected chi connectivity index (χ3v) is 3.24. The first kappa shape index (κ1) is 17.0. The molecule has 0 unspecified atom stereocenters. The van der Waals surface area contributed by atoms with Gasteiger partial charge in [-0.05, 0) is 45.1 Å². The molecule has 1 aromatic carbocycles. The van der Waals surface area contributed by atoms with Crippen LogP contribution in [-0.2, 0) is 0 Å². The van der Waals surface area contributed by atoms with Crippen molar-refractivity contribution in [2.45, 2.75) is 20.3 Å². The second kappa shape index (κ2) is 9.78. The Morgan fingerprint density at radius 2 is 1.70 bits per heavy atom. The lowest BCUT2D eigenvalue weighted by molar-refractivity contribution is 0.218. The fourth-order valence-corrected chi connectivity index (χ4v) is 2.24. The summed E-state index contributed by atoms with van der Waals surface area (Å²) in [6.45, 7) is 10.3. The molecule has 0 fully saturated rings. The van der Waals surface area contributed by atoms with E-state index in [4.69, 9.17) is 0 Å². The molecular formula is C17H31N3. The predicted octanol–water partition coefficient (Wildman–Crippen LogP) is 3.01. The number of anilines is 1. The van der Waals surface area contributed by atoms with Gasteiger partial charge in [-0.3, -0.25) is 0 Å². The van der Waals surface area contributed by atoms with Gasteiger partial charge in [-0.2, -0.15) is 0 Å². The topological polar surface area (TPSA) is 18.5 Å². The number of hydrogen-bond acceptors (Lipinski definition) is 3. The zero-order chi connectivity index (χ0) is 14.8. The largest absolute Gasteiger partial charge is 0.385 e. The van der Waals surface area contributed by atoms with Crippen LogP contribution < -0.4 is 5.32 Å². The summed E-state index contributed by atoms with van der Waals surface area (Å²) in [4.78, 5) is 4.84. The molecule has 1 aromatic rings. The minimum absolute atomic E-state index is 0.735. The molecule has 0 spiro atoms. The Kier molecular flexibility index (Phi) is 8.31. The van der Waals surface area contributed by atoms with Gasteiger partial charge in [0, 0.05) is 31.9 Å². The van der Waals surface area contributed by atoms with Crippen LogP contribution in [0.3, 0.4) is 0 Å². The van der Waals surface area contributed by atoms with Crippen LogP contribution in [0.4, 0.5) is 5.69 Å². The van der Waals surface area contributed by atoms with E-state index >= 15 is 0 Å². The van der Waals surface area contributed by atoms with Gasteiger partial charge in [0.05, 0.1) is 0 Å². The van der Waals surface area contributed by atoms with E-state index in [1.807, 2.05) is 0 Å². The minimum Gasteiger partial charge on any atom is -0.385 e. The van der Waals surface area contributed by atoms with Gasteiger partial charge in [-0.25, -0.2) is 0 Å². The Morgan fingerprint density at radius 3 is 2.30 bits per heavy atom. The maximum absolute atomic E-state index is 3.48. The van der Waals surface area contributed by atoms with Crippen molar-refractivity contribution >= 4 is 5.69 Å². The Hall–Kier alpha value is -1.06. The maximum Gasteiger partial charge on any atom is 0.0340 e. The summed E-state index contributed by atoms with van der Waals surface area (Å²) in [7, 11) is 4.29. The van der Waals surface area contributed by atoms with Crippen LogP contribution in [0.2, 0.25) is 0 Å². The predicted molar refractivity (Wildman–Crippen MR) is 89.4 cm³/mol. The third kappa shape index (κ3) is 8.18. The second-order valence-corrected chi connectivity index (χ2v) is 6.14. The number of likely N-dealkylation sites (N-methyl/N-ethyl adjacent to an activating group) is 1. The van der Waals surface area contributed by atoms with Gasteiger partial charge in [0.25, 0.3) is 0 Å². The highest BCUT2D eigenvalue weighted by Crippen LogP contribution is 2.05. The van der Waals surface area contributed by atoms with Crippen LogP contribution in [0.5, 0.6) is 0 Å². The lowest BCUT2D eigenvalue weighted by Crippen LogP contribution is -2.35. The lowest BCUT2D eigenvalue weighted by Gasteiger charge is -2.25. The molecule has 0 saturated carbocycles. The second-order valence-electron chi connectivity index (χ2n) is 6.14. The Morgan fingerprint density at radius 1 is 1.00 bits per heavy atom. The monoisotopic (exact) mass is 277 g/mol. The van der Waals surface area contributed by atoms with Gasteiger partial charge >= 0.3 is 0 Å². The van der Waals surface area contributed by atoms with Gasteiger partial charge in [0.2, 0.25) is 0 Å². The van der Waals surface area contributed by atoms with Gasteiger partial charge in [-0.1, -0.05) is 32.0 Å². The van der Waals surface area contributed by atoms with Gasteiger partial charge in [-0.15, -0.1) is 0 Å². The van der Waals surface area contributed by atoms with Crippen LogP contribution >= 0.6 is 0 Å². The number of rotatable bonds is 10. The van der Waals surface area contributed by atoms with Crippen LogP contribution in [0.15, 0.2) is 30.3 Å². The van der Waals surface area contributed by atoms with Crippen LogP contribution in [0.1, 0.15) is 20.3 Å². The van der Waals surface area contributed by atoms with Crippen LogP contribution in [-0.4, -0.2) is 56.6 Å². The first-order chi connectivity index (χ1) is 9.58. The van der Waals surface area contributed by atoms with Crippen molar-refractivity contribution < 1.29 is 0 Å². The molecular weight excluding hydrogens is 246 g/mol. The Bertz CT molecular complexity index is 335. The molecule has 0 bridgehead atoms. The van der Waals surface area contributed by atoms with Crippen molar-refractivity contribution in [3.05, 3.63) is 30.3 Å². The molecule has 114 valence electrons. The lowest BCUT2D eigenvalue weighted by atomic mass is 10.2. The average Bonchev–Trinajstić information content (AvgIpc) is 2.41. The highest BCUT2D eigenvalue weighted by Gasteiger charge is 2.07. The molecule has 0 heterocycles. The van der Waals surface area contributed by atoms with E-state index in [9.17, 15) is 0 Å². The van der Waals surface area contributed by atoms with Crippen LogP contribution in [0, 0.1) is 5.92 Å². The van der Waals surface area contributed by atoms with Crippen molar-refractivity contribution in [2.24, 2.45) is 5.92 Å². The van der Waals surface area contributed by atoms with Crippen molar-refractivity contribution in [2.75, 3.05) is 52.1 Å². The molecule has 0 aromatic heterocycles. The van der Waals surface area contributed by atoms with Crippen molar-refractivity contribution in [3.8, 4) is 0 Å². The number of nitrogens with zero attached hydrogens (tertiary/aromatic N) is 2. The summed E-state index contributed by atoms with van der Waals surface area (Å²) in [5.41, 5.74) is 1.22. The van der Waals surface area contributed by atoms with Crippen molar-refractivity contribution in [1.29, 1.82) is 0 Å². The van der Waals surface area contributed by atoms with E-state index in [-0.39, 0.29) is 0 Å². The number of para-hydroxylation sites is 1. The molecule has 3 heteroatoms. The molecule has 0 amide bonds. The summed E-state index contributed by atoms with van der Waals surface area (Å²) < 4.78 is 0. The SMILES string of the molecule is CC(C)CN(CCCNc1ccccc1)CCN(C)C. The highest BCUT2D eigenvalue weighted by atomic mass is 15.2. The molecule has 0 aliphatic carbocycles. The third-order valence-electron chi connectivity index (χ3n) is 3.24. The van der Waals surface area contributed by atoms with Gasteiger partial charge in [0.1, 0.15) is 0 Å². The van der Waals surface area contributed by atoms with E-state index in [1.54, 1.807) is 0 Å². The zero-order valence-electron chi connectivity index (χ0n) is 13.6. The van der Waals surface area contributed by atoms with E-state index in [0.29, 0.717) is 0 Å². The molecule has 0 aliphatic heterocycles. The van der Waals surface area contributed by atoms with E-state index < -0.39 is 0 Å². The average molecular weight is 277 g/mol. The van der Waals surface area contributed by atoms with Crippen molar-refractivity contribution in [1.82, 2.24) is 9.80 Å². The first-order valence-corrected chi connectivity index (χ1v) is 7.74. The van der Waals surface area contributed by atoms with Crippen LogP contribution in [0.25, 0.3) is 0 Å². The smallest absolute Gasteiger partial charge is 0.0340 e. The maximum atomic E-state index is 3.48. The summed E-state index contributed by atoms with van der Waals surface area (Å²) in [5, 5.41) is 3.48. The fraction of sp³-hybridized carbons (Fsp3) is 0.647. The molecule has 1 rings (SSSR count). The molecule has 0 atom stereocenters. The molecule has 0 saturated heterocycles. The van der Waals surface area contributed by atoms with Gasteiger partial charge in [0.15, 0.2) is 0 Å². The number of hydrogen-bond donors (Lipinski definition) is 1. The summed E-state index contributed by atoms with van der Waals surface area (Å²) in [5.74, 6) is 0.735. The number of nitrogens with one attached hydrogen (secondary N) is 1. The standard InChI is InChI=1S/C17H31N3/c1-16(2)15-20(14-13-19(3)4)12-8-11-18-17-9-6-5-7-10-17/h5-7,9-10,16,18H,8,11-15H2,1-4H3. The molecule has 0 aliphatic rings. The number of benzene rings is 1. The molecule has 3 nitrogen and oxygen atoms in total. The van der Waals surface area contributed by atoms with Gasteiger partial charge < -0.3 is 15.1 Å². The normalized spacial score (nSPS) is 11.6. The summed E-state index contributed by atoms with van der Waals surface area (Å²) in [6.07, 6.45) is 1.19. The summed E-state index contributed by atoms with van der Waals surface area (Å²) in [6, 6.07) is 10.4. The van der Waals surface area contributed by atoms with E-state index in [1.165, 1.54) is 25.2 Å². The first-order valence-electron chi connectivity index (χ1n) is 7.74. The quantitative estimate of drug-likeness (QED) is 0.663. The molecule has 1 N–H and O–H groups in total. The molecule has 0 radical (unpaired) electrons. The van der Waals surface area contributed by atoms with E-state index in [0.717, 1.165) is 25.6 Å². The van der Waals surface area contributed by atoms with Crippen molar-refractivity contribution in [3.63, 3.8) is 0 Å². The van der Waals surface area contributed by atoms with E-state index in [2.05, 4.69) is 73.4 Å². The summed E-state index contributed by atoms with van der Waals surface area (Å²) >= 11 is 0. The molecule has 20 heavy (non-hydrogen) atoms. The highest BCUT2D eigenvalue weighted by molar-refractivity contribution is 5.42. The minimum atomic E-state index is 0.735.